The van der Waals surface area contributed by atoms with Crippen molar-refractivity contribution in [1.82, 2.24) is 0 Å². The largest absolute Gasteiger partial charge is 0.315 e. The van der Waals surface area contributed by atoms with Gasteiger partial charge >= 0.3 is 0 Å². The fraction of sp³-hybridized carbons (Fsp3) is 0.438. The highest BCUT2D eigenvalue weighted by atomic mass is 32.2. The van der Waals surface area contributed by atoms with Gasteiger partial charge in [0.05, 0.1) is 23.6 Å². The number of nitrogens with zero attached hydrogens (tertiary/aromatic N) is 3. The highest BCUT2D eigenvalue weighted by Crippen LogP contribution is 2.42. The first kappa shape index (κ1) is 17.0. The number of aliphatic imine (C=N–C) groups is 1. The summed E-state index contributed by atoms with van der Waals surface area (Å²) in [6.45, 7) is 3.96. The van der Waals surface area contributed by atoms with Gasteiger partial charge in [-0.2, -0.15) is 10.3 Å². The number of thioether (sulfide) groups is 1. The minimum atomic E-state index is -3.09. The normalized spacial score (nSPS) is 26.4. The van der Waals surface area contributed by atoms with Crippen LogP contribution in [0.25, 0.3) is 0 Å². The monoisotopic (exact) mass is 363 g/mol. The Hall–Kier alpha value is -1.85. The van der Waals surface area contributed by atoms with Gasteiger partial charge in [0, 0.05) is 10.9 Å². The highest BCUT2D eigenvalue weighted by molar-refractivity contribution is 8.16. The van der Waals surface area contributed by atoms with Crippen LogP contribution >= 0.6 is 11.8 Å². The van der Waals surface area contributed by atoms with E-state index in [-0.39, 0.29) is 29.2 Å². The standard InChI is InChI=1S/C16H17N3O3S2/c1-10-4-3-5-12(11(10)2)19-13-8-24(21,22)9-14(13)23-16(19)18-15(20)6-7-17/h3-5,13-14H,6,8-9H2,1-2H3/t13-,14-/m1/s1. The second-order valence-electron chi connectivity index (χ2n) is 6.01. The molecule has 0 aromatic heterocycles. The number of benzene rings is 1. The van der Waals surface area contributed by atoms with Gasteiger partial charge in [-0.1, -0.05) is 23.9 Å². The van der Waals surface area contributed by atoms with Gasteiger partial charge in [0.15, 0.2) is 15.0 Å². The molecule has 24 heavy (non-hydrogen) atoms. The molecule has 126 valence electrons. The minimum Gasteiger partial charge on any atom is -0.315 e. The lowest BCUT2D eigenvalue weighted by Crippen LogP contribution is -2.38. The highest BCUT2D eigenvalue weighted by Gasteiger charge is 2.49. The number of rotatable bonds is 2. The van der Waals surface area contributed by atoms with E-state index in [4.69, 9.17) is 5.26 Å². The predicted molar refractivity (Wildman–Crippen MR) is 94.9 cm³/mol. The predicted octanol–water partition coefficient (Wildman–Crippen LogP) is 1.82. The van der Waals surface area contributed by atoms with Crippen molar-refractivity contribution >= 4 is 38.4 Å². The van der Waals surface area contributed by atoms with Crippen LogP contribution in [-0.4, -0.2) is 42.3 Å². The van der Waals surface area contributed by atoms with Crippen molar-refractivity contribution in [2.75, 3.05) is 16.4 Å². The van der Waals surface area contributed by atoms with Gasteiger partial charge in [-0.05, 0) is 31.0 Å². The zero-order chi connectivity index (χ0) is 17.5. The fourth-order valence-corrected chi connectivity index (χ4v) is 6.98. The summed E-state index contributed by atoms with van der Waals surface area (Å²) in [6.07, 6.45) is -0.279. The van der Waals surface area contributed by atoms with Crippen molar-refractivity contribution in [2.24, 2.45) is 4.99 Å². The summed E-state index contributed by atoms with van der Waals surface area (Å²) in [5.74, 6) is -0.350. The summed E-state index contributed by atoms with van der Waals surface area (Å²) < 4.78 is 24.0. The third kappa shape index (κ3) is 3.06. The van der Waals surface area contributed by atoms with Crippen LogP contribution < -0.4 is 4.90 Å². The quantitative estimate of drug-likeness (QED) is 0.796. The molecule has 3 rings (SSSR count). The van der Waals surface area contributed by atoms with Gasteiger partial charge in [-0.3, -0.25) is 4.79 Å². The van der Waals surface area contributed by atoms with Gasteiger partial charge < -0.3 is 4.90 Å². The summed E-state index contributed by atoms with van der Waals surface area (Å²) in [5, 5.41) is 9.02. The van der Waals surface area contributed by atoms with Crippen molar-refractivity contribution in [3.63, 3.8) is 0 Å². The summed E-state index contributed by atoms with van der Waals surface area (Å²) in [6, 6.07) is 7.39. The van der Waals surface area contributed by atoms with Gasteiger partial charge in [-0.15, -0.1) is 0 Å². The Kier molecular flexibility index (Phi) is 4.40. The van der Waals surface area contributed by atoms with Crippen molar-refractivity contribution < 1.29 is 13.2 Å². The molecule has 0 N–H and O–H groups in total. The number of sulfone groups is 1. The van der Waals surface area contributed by atoms with Crippen LogP contribution in [0.3, 0.4) is 0 Å². The minimum absolute atomic E-state index is 0.0590. The number of fused-ring (bicyclic) bond motifs is 1. The number of hydrogen-bond donors (Lipinski definition) is 0. The van der Waals surface area contributed by atoms with Crippen LogP contribution in [0.4, 0.5) is 5.69 Å². The third-order valence-electron chi connectivity index (χ3n) is 4.35. The van der Waals surface area contributed by atoms with Crippen molar-refractivity contribution in [3.8, 4) is 6.07 Å². The Balaban J connectivity index is 2.07. The smallest absolute Gasteiger partial charge is 0.262 e. The molecular formula is C16H17N3O3S2. The van der Waals surface area contributed by atoms with E-state index < -0.39 is 15.7 Å². The molecule has 0 radical (unpaired) electrons. The number of carbonyl (C=O) groups is 1. The zero-order valence-electron chi connectivity index (χ0n) is 13.4. The molecule has 1 aromatic carbocycles. The number of amides is 1. The van der Waals surface area contributed by atoms with Crippen LogP contribution in [0.15, 0.2) is 23.2 Å². The van der Waals surface area contributed by atoms with E-state index in [1.54, 1.807) is 6.07 Å². The van der Waals surface area contributed by atoms with Crippen LogP contribution in [-0.2, 0) is 14.6 Å². The molecule has 0 saturated carbocycles. The lowest BCUT2D eigenvalue weighted by Gasteiger charge is -2.26. The van der Waals surface area contributed by atoms with Crippen LogP contribution in [0.2, 0.25) is 0 Å². The molecule has 2 fully saturated rings. The lowest BCUT2D eigenvalue weighted by molar-refractivity contribution is -0.116. The third-order valence-corrected chi connectivity index (χ3v) is 7.56. The Morgan fingerprint density at radius 2 is 2.17 bits per heavy atom. The molecule has 0 unspecified atom stereocenters. The molecular weight excluding hydrogens is 346 g/mol. The first-order valence-corrected chi connectivity index (χ1v) is 10.2. The molecule has 8 heteroatoms. The Morgan fingerprint density at radius 3 is 2.88 bits per heavy atom. The molecule has 0 bridgehead atoms. The van der Waals surface area contributed by atoms with Crippen molar-refractivity contribution in [3.05, 3.63) is 29.3 Å². The molecule has 0 aliphatic carbocycles. The van der Waals surface area contributed by atoms with Crippen molar-refractivity contribution in [2.45, 2.75) is 31.6 Å². The van der Waals surface area contributed by atoms with Gasteiger partial charge in [0.25, 0.3) is 5.91 Å². The second-order valence-corrected chi connectivity index (χ2v) is 9.37. The molecule has 2 atom stereocenters. The topological polar surface area (TPSA) is 90.6 Å². The van der Waals surface area contributed by atoms with E-state index in [9.17, 15) is 13.2 Å². The summed E-state index contributed by atoms with van der Waals surface area (Å²) in [7, 11) is -3.09. The number of hydrogen-bond acceptors (Lipinski definition) is 5. The fourth-order valence-electron chi connectivity index (χ4n) is 3.06. The number of nitriles is 1. The molecule has 2 aliphatic rings. The van der Waals surface area contributed by atoms with E-state index in [0.717, 1.165) is 16.8 Å². The average molecular weight is 363 g/mol. The number of amidine groups is 1. The maximum Gasteiger partial charge on any atom is 0.262 e. The van der Waals surface area contributed by atoms with Crippen LogP contribution in [0.5, 0.6) is 0 Å². The van der Waals surface area contributed by atoms with Crippen LogP contribution in [0.1, 0.15) is 17.5 Å². The maximum atomic E-state index is 12.0. The Bertz CT molecular complexity index is 871. The second kappa shape index (κ2) is 6.22. The van der Waals surface area contributed by atoms with E-state index in [1.165, 1.54) is 11.8 Å². The molecule has 6 nitrogen and oxygen atoms in total. The maximum absolute atomic E-state index is 12.0. The Morgan fingerprint density at radius 1 is 1.42 bits per heavy atom. The average Bonchev–Trinajstić information content (AvgIpc) is 2.94. The van der Waals surface area contributed by atoms with Crippen molar-refractivity contribution in [1.29, 1.82) is 5.26 Å². The molecule has 2 aliphatic heterocycles. The lowest BCUT2D eigenvalue weighted by atomic mass is 10.1. The molecule has 1 aromatic rings. The summed E-state index contributed by atoms with van der Waals surface area (Å²) >= 11 is 1.32. The number of aryl methyl sites for hydroxylation is 1. The first-order valence-electron chi connectivity index (χ1n) is 7.53. The van der Waals surface area contributed by atoms with E-state index in [1.807, 2.05) is 36.9 Å². The van der Waals surface area contributed by atoms with E-state index in [2.05, 4.69) is 4.99 Å². The SMILES string of the molecule is Cc1cccc(N2C(=NC(=O)CC#N)S[C@@H]3CS(=O)(=O)C[C@H]32)c1C. The number of anilines is 1. The van der Waals surface area contributed by atoms with Crippen LogP contribution in [0, 0.1) is 25.2 Å². The zero-order valence-corrected chi connectivity index (χ0v) is 15.0. The number of carbonyl (C=O) groups excluding carboxylic acids is 1. The summed E-state index contributed by atoms with van der Waals surface area (Å²) in [5.41, 5.74) is 2.99. The Labute approximate surface area is 145 Å². The molecule has 0 spiro atoms. The first-order chi connectivity index (χ1) is 11.3. The molecule has 2 heterocycles. The van der Waals surface area contributed by atoms with Gasteiger partial charge in [0.2, 0.25) is 0 Å². The van der Waals surface area contributed by atoms with Gasteiger partial charge in [-0.25, -0.2) is 8.42 Å². The summed E-state index contributed by atoms with van der Waals surface area (Å²) in [4.78, 5) is 17.8. The molecule has 1 amide bonds. The van der Waals surface area contributed by atoms with E-state index in [0.29, 0.717) is 5.17 Å². The van der Waals surface area contributed by atoms with Gasteiger partial charge in [0.1, 0.15) is 6.42 Å². The van der Waals surface area contributed by atoms with E-state index >= 15 is 0 Å². The molecule has 2 saturated heterocycles.